The molecule has 1 aromatic rings. The van der Waals surface area contributed by atoms with Crippen molar-refractivity contribution in [2.45, 2.75) is 0 Å². The van der Waals surface area contributed by atoms with Gasteiger partial charge >= 0.3 is 0 Å². The van der Waals surface area contributed by atoms with E-state index in [1.54, 1.807) is 12.1 Å². The molecule has 36 valence electrons. The highest BCUT2D eigenvalue weighted by Gasteiger charge is 1.74. The average molecular weight is 115 g/mol. The second-order valence-corrected chi connectivity index (χ2v) is 1.54. The molecule has 0 nitrogen and oxygen atoms in total. The molecule has 1 aromatic carbocycles. The maximum Gasteiger partial charge on any atom is 0.0638 e. The van der Waals surface area contributed by atoms with Gasteiger partial charge in [0.05, 0.1) is 2.74 Å². The van der Waals surface area contributed by atoms with Crippen LogP contribution in [-0.2, 0) is 0 Å². The lowest BCUT2D eigenvalue weighted by atomic mass is 10.4. The van der Waals surface area contributed by atoms with Gasteiger partial charge in [0.2, 0.25) is 0 Å². The minimum absolute atomic E-state index is 0.212. The quantitative estimate of drug-likeness (QED) is 0.486. The molecule has 0 aliphatic heterocycles. The molecule has 0 amide bonds. The number of halogens is 1. The number of rotatable bonds is 0. The normalized spacial score (nSPS) is 12.7. The molecule has 0 N–H and O–H groups in total. The number of hydrogen-bond acceptors (Lipinski definition) is 0. The molecule has 1 heteroatoms. The molecule has 0 spiro atoms. The Bertz CT molecular complexity index is 222. The average Bonchev–Trinajstić information content (AvgIpc) is 1.80. The first-order valence-electron chi connectivity index (χ1n) is 2.93. The van der Waals surface area contributed by atoms with Gasteiger partial charge < -0.3 is 0 Å². The molecular formula is C6H5Cl. The zero-order chi connectivity index (χ0) is 6.85. The Kier molecular flexibility index (Phi) is 0.775. The third-order valence-electron chi connectivity index (χ3n) is 0.619. The van der Waals surface area contributed by atoms with Crippen LogP contribution in [0.1, 0.15) is 2.74 Å². The van der Waals surface area contributed by atoms with Gasteiger partial charge in [-0.05, 0) is 12.1 Å². The molecule has 0 aromatic heterocycles. The summed E-state index contributed by atoms with van der Waals surface area (Å²) in [5, 5.41) is 0.394. The summed E-state index contributed by atoms with van der Waals surface area (Å²) in [5.41, 5.74) is 0. The highest BCUT2D eigenvalue weighted by atomic mass is 35.5. The van der Waals surface area contributed by atoms with Crippen molar-refractivity contribution < 1.29 is 2.74 Å². The van der Waals surface area contributed by atoms with E-state index >= 15 is 0 Å². The van der Waals surface area contributed by atoms with Gasteiger partial charge in [-0.15, -0.1) is 0 Å². The first kappa shape index (κ1) is 2.73. The minimum Gasteiger partial charge on any atom is -0.0843 e. The summed E-state index contributed by atoms with van der Waals surface area (Å²) in [7, 11) is 0. The summed E-state index contributed by atoms with van der Waals surface area (Å²) in [6.45, 7) is 0. The highest BCUT2D eigenvalue weighted by Crippen LogP contribution is 2.03. The third-order valence-corrected chi connectivity index (χ3v) is 0.854. The molecule has 0 unspecified atom stereocenters. The minimum atomic E-state index is 0.212. The molecule has 0 saturated heterocycles. The molecule has 0 aliphatic rings. The molecule has 0 bridgehead atoms. The Morgan fingerprint density at radius 1 is 1.57 bits per heavy atom. The summed E-state index contributed by atoms with van der Waals surface area (Å²) in [5.74, 6) is 0. The van der Waals surface area contributed by atoms with Crippen LogP contribution in [0.4, 0.5) is 0 Å². The molecule has 0 radical (unpaired) electrons. The van der Waals surface area contributed by atoms with Crippen LogP contribution in [-0.4, -0.2) is 0 Å². The van der Waals surface area contributed by atoms with Gasteiger partial charge in [0.25, 0.3) is 0 Å². The van der Waals surface area contributed by atoms with Crippen LogP contribution in [0, 0.1) is 0 Å². The summed E-state index contributed by atoms with van der Waals surface area (Å²) < 4.78 is 14.2. The molecule has 0 atom stereocenters. The van der Waals surface area contributed by atoms with E-state index in [9.17, 15) is 0 Å². The largest absolute Gasteiger partial charge is 0.0843 e. The summed E-state index contributed by atoms with van der Waals surface area (Å²) in [6, 6.07) is 5.04. The highest BCUT2D eigenvalue weighted by molar-refractivity contribution is 6.30. The van der Waals surface area contributed by atoms with Gasteiger partial charge in [-0.1, -0.05) is 29.8 Å². The fraction of sp³-hybridized carbons (Fsp3) is 0. The van der Waals surface area contributed by atoms with Crippen LogP contribution in [0.3, 0.4) is 0 Å². The zero-order valence-corrected chi connectivity index (χ0v) is 4.37. The van der Waals surface area contributed by atoms with Crippen molar-refractivity contribution in [1.29, 1.82) is 0 Å². The van der Waals surface area contributed by atoms with Crippen LogP contribution in [0.2, 0.25) is 5.02 Å². The number of hydrogen-bond donors (Lipinski definition) is 0. The van der Waals surface area contributed by atoms with E-state index in [1.807, 2.05) is 0 Å². The molecule has 0 heterocycles. The third kappa shape index (κ3) is 1.20. The molecule has 0 saturated carbocycles. The van der Waals surface area contributed by atoms with E-state index in [0.29, 0.717) is 11.1 Å². The Labute approximate surface area is 50.5 Å². The fourth-order valence-corrected chi connectivity index (χ4v) is 0.446. The summed E-state index contributed by atoms with van der Waals surface area (Å²) >= 11 is 5.51. The van der Waals surface area contributed by atoms with Gasteiger partial charge in [-0.25, -0.2) is 0 Å². The zero-order valence-electron chi connectivity index (χ0n) is 5.61. The van der Waals surface area contributed by atoms with Gasteiger partial charge in [0.1, 0.15) is 0 Å². The van der Waals surface area contributed by atoms with Crippen LogP contribution in [0.25, 0.3) is 0 Å². The van der Waals surface area contributed by atoms with E-state index < -0.39 is 0 Å². The Morgan fingerprint density at radius 3 is 3.00 bits per heavy atom. The molecule has 7 heavy (non-hydrogen) atoms. The molecule has 0 aliphatic carbocycles. The van der Waals surface area contributed by atoms with Gasteiger partial charge in [-0.3, -0.25) is 0 Å². The molecule has 1 rings (SSSR count). The van der Waals surface area contributed by atoms with Crippen LogP contribution < -0.4 is 0 Å². The van der Waals surface area contributed by atoms with E-state index in [0.717, 1.165) is 0 Å². The Balaban J connectivity index is 3.17. The van der Waals surface area contributed by atoms with E-state index in [1.165, 1.54) is 6.07 Å². The van der Waals surface area contributed by atoms with E-state index in [4.69, 9.17) is 14.3 Å². The Hall–Kier alpha value is -0.490. The second kappa shape index (κ2) is 1.99. The van der Waals surface area contributed by atoms with Crippen LogP contribution in [0.5, 0.6) is 0 Å². The van der Waals surface area contributed by atoms with E-state index in [-0.39, 0.29) is 6.04 Å². The monoisotopic (exact) mass is 114 g/mol. The molecule has 0 fully saturated rings. The van der Waals surface area contributed by atoms with Crippen molar-refractivity contribution in [2.75, 3.05) is 0 Å². The van der Waals surface area contributed by atoms with E-state index in [2.05, 4.69) is 0 Å². The van der Waals surface area contributed by atoms with Gasteiger partial charge in [0.15, 0.2) is 0 Å². The second-order valence-electron chi connectivity index (χ2n) is 1.14. The lowest BCUT2D eigenvalue weighted by Crippen LogP contribution is -1.55. The van der Waals surface area contributed by atoms with Crippen molar-refractivity contribution in [3.8, 4) is 0 Å². The van der Waals surface area contributed by atoms with Gasteiger partial charge in [-0.2, -0.15) is 0 Å². The first-order chi connectivity index (χ1) is 4.20. The smallest absolute Gasteiger partial charge is 0.0638 e. The van der Waals surface area contributed by atoms with Crippen molar-refractivity contribution in [3.63, 3.8) is 0 Å². The van der Waals surface area contributed by atoms with Crippen LogP contribution >= 0.6 is 11.6 Å². The lowest BCUT2D eigenvalue weighted by Gasteiger charge is -1.80. The van der Waals surface area contributed by atoms with Crippen molar-refractivity contribution in [1.82, 2.24) is 0 Å². The fourth-order valence-electron chi connectivity index (χ4n) is 0.328. The van der Waals surface area contributed by atoms with Gasteiger partial charge in [0, 0.05) is 5.02 Å². The maximum absolute atomic E-state index is 7.11. The first-order valence-corrected chi connectivity index (χ1v) is 2.30. The SMILES string of the molecule is [2H]c1ccc(Cl)c([2H])c1. The standard InChI is InChI=1S/C6H5Cl/c7-6-4-2-1-3-5-6/h1-5H/i1D,4D. The predicted octanol–water partition coefficient (Wildman–Crippen LogP) is 2.34. The van der Waals surface area contributed by atoms with Crippen LogP contribution in [0.15, 0.2) is 30.3 Å². The predicted molar refractivity (Wildman–Crippen MR) is 31.5 cm³/mol. The Morgan fingerprint density at radius 2 is 2.43 bits per heavy atom. The maximum atomic E-state index is 7.11. The lowest BCUT2D eigenvalue weighted by molar-refractivity contribution is 1.71. The summed E-state index contributed by atoms with van der Waals surface area (Å²) in [6.07, 6.45) is 0. The number of benzene rings is 1. The summed E-state index contributed by atoms with van der Waals surface area (Å²) in [4.78, 5) is 0. The topological polar surface area (TPSA) is 0 Å². The van der Waals surface area contributed by atoms with Crippen molar-refractivity contribution in [3.05, 3.63) is 35.3 Å². The van der Waals surface area contributed by atoms with Crippen molar-refractivity contribution >= 4 is 11.6 Å². The van der Waals surface area contributed by atoms with Crippen molar-refractivity contribution in [2.24, 2.45) is 0 Å². The molecular weight excluding hydrogens is 108 g/mol.